The molecular formula is C21H17N3. The summed E-state index contributed by atoms with van der Waals surface area (Å²) in [4.78, 5) is 4.98. The largest absolute Gasteiger partial charge is 0.278 e. The van der Waals surface area contributed by atoms with Gasteiger partial charge in [-0.15, -0.1) is 0 Å². The van der Waals surface area contributed by atoms with Crippen LogP contribution in [0.1, 0.15) is 11.1 Å². The van der Waals surface area contributed by atoms with Gasteiger partial charge in [-0.1, -0.05) is 36.4 Å². The highest BCUT2D eigenvalue weighted by Crippen LogP contribution is 2.30. The Kier molecular flexibility index (Phi) is 2.63. The second kappa shape index (κ2) is 4.71. The van der Waals surface area contributed by atoms with Gasteiger partial charge in [0.05, 0.1) is 22.1 Å². The van der Waals surface area contributed by atoms with Crippen molar-refractivity contribution in [3.05, 3.63) is 77.9 Å². The van der Waals surface area contributed by atoms with Crippen molar-refractivity contribution >= 4 is 27.8 Å². The van der Waals surface area contributed by atoms with Crippen molar-refractivity contribution in [3.8, 4) is 5.69 Å². The molecule has 0 N–H and O–H groups in total. The SMILES string of the molecule is Cc1cccc(-n2c3ccccc3n3c4cccc(C)c4nc23)c1. The number of fused-ring (bicyclic) bond motifs is 5. The van der Waals surface area contributed by atoms with Crippen LogP contribution in [0.5, 0.6) is 0 Å². The number of imidazole rings is 2. The molecule has 3 nitrogen and oxygen atoms in total. The molecule has 0 fully saturated rings. The van der Waals surface area contributed by atoms with Gasteiger partial charge in [-0.2, -0.15) is 0 Å². The zero-order chi connectivity index (χ0) is 16.3. The number of benzene rings is 3. The van der Waals surface area contributed by atoms with Crippen LogP contribution in [0.4, 0.5) is 0 Å². The number of hydrogen-bond acceptors (Lipinski definition) is 1. The Morgan fingerprint density at radius 3 is 2.33 bits per heavy atom. The van der Waals surface area contributed by atoms with Crippen LogP contribution in [0, 0.1) is 13.8 Å². The van der Waals surface area contributed by atoms with Crippen molar-refractivity contribution in [1.29, 1.82) is 0 Å². The zero-order valence-corrected chi connectivity index (χ0v) is 13.7. The maximum atomic E-state index is 4.98. The molecule has 2 aromatic heterocycles. The van der Waals surface area contributed by atoms with E-state index < -0.39 is 0 Å². The normalized spacial score (nSPS) is 11.8. The molecule has 0 spiro atoms. The third-order valence-electron chi connectivity index (χ3n) is 4.69. The van der Waals surface area contributed by atoms with Crippen molar-refractivity contribution in [2.24, 2.45) is 0 Å². The number of nitrogens with zero attached hydrogens (tertiary/aromatic N) is 3. The highest BCUT2D eigenvalue weighted by molar-refractivity contribution is 5.93. The summed E-state index contributed by atoms with van der Waals surface area (Å²) in [5.74, 6) is 0.964. The van der Waals surface area contributed by atoms with Crippen LogP contribution in [0.2, 0.25) is 0 Å². The van der Waals surface area contributed by atoms with Gasteiger partial charge in [0.15, 0.2) is 0 Å². The quantitative estimate of drug-likeness (QED) is 0.425. The number of aromatic nitrogens is 3. The van der Waals surface area contributed by atoms with Crippen molar-refractivity contribution < 1.29 is 0 Å². The summed E-state index contributed by atoms with van der Waals surface area (Å²) in [7, 11) is 0. The topological polar surface area (TPSA) is 22.2 Å². The van der Waals surface area contributed by atoms with E-state index in [-0.39, 0.29) is 0 Å². The molecule has 0 unspecified atom stereocenters. The van der Waals surface area contributed by atoms with Gasteiger partial charge in [0.25, 0.3) is 0 Å². The van der Waals surface area contributed by atoms with Crippen LogP contribution in [0.15, 0.2) is 66.7 Å². The summed E-state index contributed by atoms with van der Waals surface area (Å²) in [6.45, 7) is 4.24. The average molecular weight is 311 g/mol. The van der Waals surface area contributed by atoms with E-state index in [4.69, 9.17) is 4.98 Å². The number of aryl methyl sites for hydroxylation is 2. The second-order valence-electron chi connectivity index (χ2n) is 6.35. The Labute approximate surface area is 139 Å². The first-order valence-corrected chi connectivity index (χ1v) is 8.18. The highest BCUT2D eigenvalue weighted by Gasteiger charge is 2.17. The molecule has 0 aliphatic heterocycles. The van der Waals surface area contributed by atoms with Crippen molar-refractivity contribution in [3.63, 3.8) is 0 Å². The van der Waals surface area contributed by atoms with E-state index in [1.54, 1.807) is 0 Å². The fourth-order valence-corrected chi connectivity index (χ4v) is 3.59. The van der Waals surface area contributed by atoms with Gasteiger partial charge in [0.1, 0.15) is 0 Å². The molecule has 24 heavy (non-hydrogen) atoms. The molecule has 3 heteroatoms. The minimum Gasteiger partial charge on any atom is -0.278 e. The van der Waals surface area contributed by atoms with Gasteiger partial charge in [-0.3, -0.25) is 8.97 Å². The van der Waals surface area contributed by atoms with E-state index in [9.17, 15) is 0 Å². The number of hydrogen-bond donors (Lipinski definition) is 0. The van der Waals surface area contributed by atoms with E-state index in [1.165, 1.54) is 22.2 Å². The third kappa shape index (κ3) is 1.69. The first-order valence-electron chi connectivity index (χ1n) is 8.18. The Morgan fingerprint density at radius 2 is 1.50 bits per heavy atom. The van der Waals surface area contributed by atoms with E-state index in [1.807, 2.05) is 0 Å². The molecule has 0 amide bonds. The molecule has 0 bridgehead atoms. The molecule has 0 saturated carbocycles. The molecule has 5 aromatic rings. The Bertz CT molecular complexity index is 1220. The monoisotopic (exact) mass is 311 g/mol. The van der Waals surface area contributed by atoms with E-state index in [2.05, 4.69) is 89.5 Å². The van der Waals surface area contributed by atoms with E-state index in [0.717, 1.165) is 22.5 Å². The highest BCUT2D eigenvalue weighted by atomic mass is 15.2. The lowest BCUT2D eigenvalue weighted by Gasteiger charge is -2.06. The number of para-hydroxylation sites is 3. The zero-order valence-electron chi connectivity index (χ0n) is 13.7. The molecule has 116 valence electrons. The van der Waals surface area contributed by atoms with Crippen molar-refractivity contribution in [1.82, 2.24) is 14.0 Å². The summed E-state index contributed by atoms with van der Waals surface area (Å²) < 4.78 is 4.52. The van der Waals surface area contributed by atoms with E-state index in [0.29, 0.717) is 0 Å². The van der Waals surface area contributed by atoms with Gasteiger partial charge in [-0.05, 0) is 55.3 Å². The fraction of sp³-hybridized carbons (Fsp3) is 0.0952. The predicted octanol–water partition coefficient (Wildman–Crippen LogP) is 5.05. The first-order chi connectivity index (χ1) is 11.7. The molecule has 5 rings (SSSR count). The lowest BCUT2D eigenvalue weighted by Crippen LogP contribution is -1.95. The van der Waals surface area contributed by atoms with Crippen LogP contribution < -0.4 is 0 Å². The lowest BCUT2D eigenvalue weighted by molar-refractivity contribution is 1.10. The third-order valence-corrected chi connectivity index (χ3v) is 4.69. The molecular weight excluding hydrogens is 294 g/mol. The standard InChI is InChI=1S/C21H17N3/c1-14-7-5-9-16(13-14)23-17-10-3-4-11-18(17)24-19-12-6-8-15(2)20(19)22-21(23)24/h3-13H,1-2H3. The first kappa shape index (κ1) is 13.4. The van der Waals surface area contributed by atoms with Crippen LogP contribution >= 0.6 is 0 Å². The Balaban J connectivity index is 2.04. The minimum absolute atomic E-state index is 0.964. The molecule has 0 saturated heterocycles. The summed E-state index contributed by atoms with van der Waals surface area (Å²) in [6.07, 6.45) is 0. The second-order valence-corrected chi connectivity index (χ2v) is 6.35. The molecule has 0 radical (unpaired) electrons. The average Bonchev–Trinajstić information content (AvgIpc) is 3.10. The molecule has 0 aliphatic carbocycles. The maximum absolute atomic E-state index is 4.98. The number of rotatable bonds is 1. The van der Waals surface area contributed by atoms with Gasteiger partial charge in [0.2, 0.25) is 5.78 Å². The summed E-state index contributed by atoms with van der Waals surface area (Å²) in [6, 6.07) is 23.4. The van der Waals surface area contributed by atoms with Crippen LogP contribution in [-0.2, 0) is 0 Å². The van der Waals surface area contributed by atoms with Gasteiger partial charge < -0.3 is 0 Å². The molecule has 0 atom stereocenters. The van der Waals surface area contributed by atoms with Gasteiger partial charge in [0, 0.05) is 5.69 Å². The molecule has 0 aliphatic rings. The lowest BCUT2D eigenvalue weighted by atomic mass is 10.2. The van der Waals surface area contributed by atoms with Gasteiger partial charge in [-0.25, -0.2) is 4.98 Å². The molecule has 2 heterocycles. The van der Waals surface area contributed by atoms with Crippen LogP contribution in [-0.4, -0.2) is 14.0 Å². The Hall–Kier alpha value is -3.07. The predicted molar refractivity (Wildman–Crippen MR) is 99.0 cm³/mol. The van der Waals surface area contributed by atoms with Crippen LogP contribution in [0.3, 0.4) is 0 Å². The maximum Gasteiger partial charge on any atom is 0.220 e. The summed E-state index contributed by atoms with van der Waals surface area (Å²) in [5, 5.41) is 0. The summed E-state index contributed by atoms with van der Waals surface area (Å²) >= 11 is 0. The molecule has 3 aromatic carbocycles. The van der Waals surface area contributed by atoms with Gasteiger partial charge >= 0.3 is 0 Å². The summed E-state index contributed by atoms with van der Waals surface area (Å²) in [5.41, 5.74) is 8.18. The minimum atomic E-state index is 0.964. The smallest absolute Gasteiger partial charge is 0.220 e. The fourth-order valence-electron chi connectivity index (χ4n) is 3.59. The van der Waals surface area contributed by atoms with E-state index >= 15 is 0 Å². The van der Waals surface area contributed by atoms with Crippen molar-refractivity contribution in [2.75, 3.05) is 0 Å². The van der Waals surface area contributed by atoms with Crippen molar-refractivity contribution in [2.45, 2.75) is 13.8 Å². The van der Waals surface area contributed by atoms with Crippen LogP contribution in [0.25, 0.3) is 33.5 Å². The Morgan fingerprint density at radius 1 is 0.750 bits per heavy atom.